The summed E-state index contributed by atoms with van der Waals surface area (Å²) in [5, 5.41) is 230. The van der Waals surface area contributed by atoms with Crippen LogP contribution in [0.25, 0.3) is 0 Å². The molecule has 21 saturated heterocycles. The second-order valence-corrected chi connectivity index (χ2v) is 20.6. The molecule has 1 aliphatic carbocycles. The van der Waals surface area contributed by atoms with Crippen molar-refractivity contribution in [2.24, 2.45) is 0 Å². The van der Waals surface area contributed by atoms with E-state index in [1.807, 2.05) is 0 Å². The minimum absolute atomic E-state index is 1.05. The Bertz CT molecular complexity index is 1890. The van der Waals surface area contributed by atoms with Crippen LogP contribution in [0.2, 0.25) is 0 Å². The zero-order valence-electron chi connectivity index (χ0n) is 41.8. The van der Waals surface area contributed by atoms with E-state index in [2.05, 4.69) is 0 Å². The summed E-state index contributed by atoms with van der Waals surface area (Å²) >= 11 is 0. The molecule has 35 nitrogen and oxygen atoms in total. The molecule has 22 aliphatic rings. The first-order chi connectivity index (χ1) is 37.4. The minimum Gasteiger partial charge on any atom is -0.394 e. The monoisotopic (exact) mass is 1160 g/mol. The standard InChI is InChI=1S/C40H66O35.C4H8/c41-1-8-25-13(46)18(51)34(64-8)70-26-9(2-42)65-35(19(52)14(26)47)71-27-10(3-43)66-36(20(53)15(27)48)72-28-11(4-44)67-37(21(54)16(28)49)73-29-12(5-45)68-38(22(55)17(29)50)75-40(61)7-63-33(24(57)31(40)59)74-39(60)6-62-32(69-25)23(56)30(39)58;1-2-4-3-1/h8-38,41-61H,1-7H2;1-4H2/t8?,9?,10?,11?,12?,13-,14?,15?,16?,17?,18?,19+,20+,21+,22+,23?,24?,25-,26-,27-,28-,29-,30-,31-,32-,33-,34-,35-,36-,37-,38-,39-,40-;/m1./s1. The Balaban J connectivity index is 0.00000196. The number of aliphatic hydroxyl groups excluding tert-OH is 19. The third-order valence-corrected chi connectivity index (χ3v) is 15.2. The second-order valence-electron chi connectivity index (χ2n) is 20.6. The van der Waals surface area contributed by atoms with E-state index in [9.17, 15) is 107 Å². The van der Waals surface area contributed by atoms with E-state index in [4.69, 9.17) is 66.3 Å². The predicted octanol–water partition coefficient (Wildman–Crippen LogP) is -13.8. The van der Waals surface area contributed by atoms with E-state index in [0.29, 0.717) is 0 Å². The Hall–Kier alpha value is -1.40. The average Bonchev–Trinajstić information content (AvgIpc) is 3.41. The molecule has 22 rings (SSSR count). The molecule has 35 heteroatoms. The molecular weight excluding hydrogens is 1090 g/mol. The van der Waals surface area contributed by atoms with Gasteiger partial charge in [0.05, 0.1) is 33.0 Å². The van der Waals surface area contributed by atoms with Crippen molar-refractivity contribution in [3.8, 4) is 0 Å². The molecule has 1 saturated carbocycles. The van der Waals surface area contributed by atoms with Crippen LogP contribution in [-0.4, -0.2) is 356 Å². The van der Waals surface area contributed by atoms with Gasteiger partial charge in [-0.25, -0.2) is 0 Å². The summed E-state index contributed by atoms with van der Waals surface area (Å²) < 4.78 is 77.6. The van der Waals surface area contributed by atoms with Crippen molar-refractivity contribution >= 4 is 0 Å². The Morgan fingerprint density at radius 3 is 0.772 bits per heavy atom. The average molecular weight is 1160 g/mol. The summed E-state index contributed by atoms with van der Waals surface area (Å²) in [4.78, 5) is 0. The molecule has 14 bridgehead atoms. The molecule has 21 N–H and O–H groups in total. The summed E-state index contributed by atoms with van der Waals surface area (Å²) in [7, 11) is 0. The Labute approximate surface area is 447 Å². The summed E-state index contributed by atoms with van der Waals surface area (Å²) in [5.74, 6) is -6.16. The highest BCUT2D eigenvalue weighted by Gasteiger charge is 2.61. The van der Waals surface area contributed by atoms with Gasteiger partial charge in [-0.1, -0.05) is 25.7 Å². The van der Waals surface area contributed by atoms with E-state index in [1.54, 1.807) is 0 Å². The van der Waals surface area contributed by atoms with Gasteiger partial charge in [-0.15, -0.1) is 0 Å². The van der Waals surface area contributed by atoms with Gasteiger partial charge in [0, 0.05) is 0 Å². The highest BCUT2D eigenvalue weighted by molar-refractivity contribution is 5.01. The number of rotatable bonds is 5. The van der Waals surface area contributed by atoms with Gasteiger partial charge in [0.2, 0.25) is 11.6 Å². The smallest absolute Gasteiger partial charge is 0.221 e. The van der Waals surface area contributed by atoms with E-state index in [1.165, 1.54) is 25.7 Å². The third-order valence-electron chi connectivity index (χ3n) is 15.2. The normalized spacial score (nSPS) is 54.9. The topological polar surface area (TPSA) is 554 Å². The van der Waals surface area contributed by atoms with Crippen LogP contribution in [0.1, 0.15) is 25.7 Å². The fourth-order valence-electron chi connectivity index (χ4n) is 10.1. The molecule has 21 aliphatic heterocycles. The van der Waals surface area contributed by atoms with E-state index >= 15 is 0 Å². The van der Waals surface area contributed by atoms with E-state index < -0.39 is 248 Å². The maximum Gasteiger partial charge on any atom is 0.221 e. The van der Waals surface area contributed by atoms with Crippen LogP contribution in [0, 0.1) is 0 Å². The van der Waals surface area contributed by atoms with Crippen molar-refractivity contribution in [2.45, 2.75) is 228 Å². The van der Waals surface area contributed by atoms with Crippen molar-refractivity contribution in [3.63, 3.8) is 0 Å². The second kappa shape index (κ2) is 26.5. The van der Waals surface area contributed by atoms with Gasteiger partial charge in [-0.05, 0) is 0 Å². The fraction of sp³-hybridized carbons (Fsp3) is 1.00. The summed E-state index contributed by atoms with van der Waals surface area (Å²) in [6.07, 6.45) is -58.8. The summed E-state index contributed by atoms with van der Waals surface area (Å²) in [5.41, 5.74) is 0. The molecule has 0 aromatic heterocycles. The lowest BCUT2D eigenvalue weighted by Crippen LogP contribution is -2.70. The number of aliphatic hydroxyl groups is 21. The van der Waals surface area contributed by atoms with Gasteiger partial charge in [0.1, 0.15) is 160 Å². The Morgan fingerprint density at radius 1 is 0.266 bits per heavy atom. The molecule has 460 valence electrons. The molecule has 12 unspecified atom stereocenters. The van der Waals surface area contributed by atoms with Gasteiger partial charge >= 0.3 is 0 Å². The molecular formula is C44H74O35. The van der Waals surface area contributed by atoms with Gasteiger partial charge in [-0.3, -0.25) is 0 Å². The Kier molecular flexibility index (Phi) is 21.3. The van der Waals surface area contributed by atoms with Crippen LogP contribution in [0.5, 0.6) is 0 Å². The molecule has 0 aromatic rings. The van der Waals surface area contributed by atoms with Gasteiger partial charge in [0.15, 0.2) is 44.0 Å². The molecule has 0 amide bonds. The fourth-order valence-corrected chi connectivity index (χ4v) is 10.1. The number of ether oxygens (including phenoxy) is 14. The lowest BCUT2D eigenvalue weighted by molar-refractivity contribution is -0.452. The third kappa shape index (κ3) is 12.8. The predicted molar refractivity (Wildman–Crippen MR) is 237 cm³/mol. The van der Waals surface area contributed by atoms with E-state index in [-0.39, 0.29) is 0 Å². The van der Waals surface area contributed by atoms with Crippen LogP contribution in [0.4, 0.5) is 0 Å². The van der Waals surface area contributed by atoms with Gasteiger partial charge < -0.3 is 174 Å². The largest absolute Gasteiger partial charge is 0.394 e. The van der Waals surface area contributed by atoms with Crippen LogP contribution in [-0.2, 0) is 66.3 Å². The lowest BCUT2D eigenvalue weighted by atomic mass is 9.95. The van der Waals surface area contributed by atoms with Crippen molar-refractivity contribution in [1.82, 2.24) is 0 Å². The maximum atomic E-state index is 11.3. The zero-order chi connectivity index (χ0) is 57.6. The molecule has 0 spiro atoms. The van der Waals surface area contributed by atoms with Crippen LogP contribution < -0.4 is 0 Å². The van der Waals surface area contributed by atoms with Crippen LogP contribution >= 0.6 is 0 Å². The van der Waals surface area contributed by atoms with Crippen molar-refractivity contribution in [2.75, 3.05) is 46.2 Å². The molecule has 21 heterocycles. The van der Waals surface area contributed by atoms with Crippen molar-refractivity contribution in [3.05, 3.63) is 0 Å². The maximum absolute atomic E-state index is 11.3. The lowest BCUT2D eigenvalue weighted by Gasteiger charge is -2.50. The first-order valence-corrected chi connectivity index (χ1v) is 25.6. The zero-order valence-corrected chi connectivity index (χ0v) is 41.8. The molecule has 79 heavy (non-hydrogen) atoms. The highest BCUT2D eigenvalue weighted by Crippen LogP contribution is 2.40. The first kappa shape index (κ1) is 63.6. The van der Waals surface area contributed by atoms with E-state index in [0.717, 1.165) is 0 Å². The Morgan fingerprint density at radius 2 is 0.494 bits per heavy atom. The molecule has 33 atom stereocenters. The van der Waals surface area contributed by atoms with Crippen molar-refractivity contribution in [1.29, 1.82) is 0 Å². The quantitative estimate of drug-likeness (QED) is 0.122. The first-order valence-electron chi connectivity index (χ1n) is 25.6. The molecule has 0 radical (unpaired) electrons. The number of hydrogen-bond acceptors (Lipinski definition) is 35. The van der Waals surface area contributed by atoms with Crippen molar-refractivity contribution < 1.29 is 174 Å². The SMILES string of the molecule is C1CCC1.OCC1O[C@@H]2O[C@@H]3C(CO)O[C@H](O[C@@H]4C(CO)O[C@H](O[C@@H]5C(CO)O[C@H](O[C@]6(O)CO[C@H](O[C@]7(O)CO[C@H](O[C@@H]8C(CO)O[C@H](O[C@H]1C(O)[C@@H]2O)C(O)[C@H]8O)C(O)[C@H]7O)C(O)[C@H]6O)[C@@H](O)C5O)[C@@H](O)C4O)[C@@H](O)C3O. The minimum atomic E-state index is -3.10. The summed E-state index contributed by atoms with van der Waals surface area (Å²) in [6, 6.07) is 0. The molecule has 22 fully saturated rings. The molecule has 0 aromatic carbocycles. The number of hydrogen-bond donors (Lipinski definition) is 21. The highest BCUT2D eigenvalue weighted by atomic mass is 16.8. The summed E-state index contributed by atoms with van der Waals surface area (Å²) in [6.45, 7) is -7.70. The van der Waals surface area contributed by atoms with Crippen LogP contribution in [0.15, 0.2) is 0 Å². The van der Waals surface area contributed by atoms with Gasteiger partial charge in [0.25, 0.3) is 0 Å². The van der Waals surface area contributed by atoms with Gasteiger partial charge in [-0.2, -0.15) is 0 Å². The van der Waals surface area contributed by atoms with Crippen LogP contribution in [0.3, 0.4) is 0 Å².